The van der Waals surface area contributed by atoms with Gasteiger partial charge in [-0.05, 0) is 0 Å². The van der Waals surface area contributed by atoms with E-state index >= 15 is 0 Å². The van der Waals surface area contributed by atoms with Crippen molar-refractivity contribution >= 4 is 32.1 Å². The number of hydrogen-bond acceptors (Lipinski definition) is 4. The van der Waals surface area contributed by atoms with Crippen LogP contribution in [0.3, 0.4) is 0 Å². The van der Waals surface area contributed by atoms with E-state index in [4.69, 9.17) is 19.2 Å². The van der Waals surface area contributed by atoms with Gasteiger partial charge in [0, 0.05) is 0 Å². The third-order valence-electron chi connectivity index (χ3n) is 0. The van der Waals surface area contributed by atoms with E-state index in [-0.39, 0.29) is 83.4 Å². The first-order valence-electron chi connectivity index (χ1n) is 0.894. The minimum atomic E-state index is -4.61. The van der Waals surface area contributed by atoms with E-state index in [0.717, 1.165) is 0 Å². The third kappa shape index (κ3) is 80.2. The van der Waals surface area contributed by atoms with Gasteiger partial charge in [-0.3, -0.25) is 4.70 Å². The van der Waals surface area contributed by atoms with Gasteiger partial charge in [0.1, 0.15) is 0 Å². The molecule has 0 saturated heterocycles. The summed E-state index contributed by atoms with van der Waals surface area (Å²) in [5.74, 6) is 0. The summed E-state index contributed by atoms with van der Waals surface area (Å²) >= 11 is 0. The van der Waals surface area contributed by atoms with Crippen LogP contribution in [-0.4, -0.2) is 51.3 Å². The molecule has 0 aromatic rings. The summed E-state index contributed by atoms with van der Waals surface area (Å²) in [6.07, 6.45) is 0. The van der Waals surface area contributed by atoms with Crippen LogP contribution in [0.1, 0.15) is 4.28 Å². The second-order valence-electron chi connectivity index (χ2n) is 0.600. The molecule has 0 spiro atoms. The van der Waals surface area contributed by atoms with Crippen LogP contribution in [0.2, 0.25) is 0 Å². The van der Waals surface area contributed by atoms with E-state index in [0.29, 0.717) is 0 Å². The first-order valence-corrected chi connectivity index (χ1v) is 2.68. The van der Waals surface area contributed by atoms with Crippen molar-refractivity contribution in [3.63, 3.8) is 0 Å². The SMILES string of the molecule is F.O[Si](O)(O)O.[H-].[H-].[H-].[K+].[Mg+2]. The minimum absolute atomic E-state index is 0. The number of hydrogen-bond donors (Lipinski definition) is 4. The van der Waals surface area contributed by atoms with Crippen LogP contribution in [0.5, 0.6) is 0 Å². The van der Waals surface area contributed by atoms with Gasteiger partial charge in [0.05, 0.1) is 0 Å². The zero-order chi connectivity index (χ0) is 4.50. The largest absolute Gasteiger partial charge is 2.00 e. The topological polar surface area (TPSA) is 80.9 Å². The van der Waals surface area contributed by atoms with Crippen LogP contribution in [-0.2, 0) is 0 Å². The van der Waals surface area contributed by atoms with Crippen molar-refractivity contribution in [2.75, 3.05) is 0 Å². The summed E-state index contributed by atoms with van der Waals surface area (Å²) in [6.45, 7) is 0. The molecular weight excluding hydrogens is 174 g/mol. The zero-order valence-electron chi connectivity index (χ0n) is 7.40. The second-order valence-corrected chi connectivity index (χ2v) is 1.80. The van der Waals surface area contributed by atoms with Gasteiger partial charge in [0.15, 0.2) is 0 Å². The summed E-state index contributed by atoms with van der Waals surface area (Å²) in [6, 6.07) is 0. The smallest absolute Gasteiger partial charge is 1.00 e. The molecule has 8 heteroatoms. The predicted molar refractivity (Wildman–Crippen MR) is 26.2 cm³/mol. The Balaban J connectivity index is -0.00000000533. The van der Waals surface area contributed by atoms with Crippen LogP contribution >= 0.6 is 0 Å². The maximum atomic E-state index is 7.33. The Morgan fingerprint density at radius 1 is 1.00 bits per heavy atom. The molecule has 46 valence electrons. The van der Waals surface area contributed by atoms with Crippen molar-refractivity contribution in [2.24, 2.45) is 0 Å². The molecule has 0 aromatic heterocycles. The molecule has 0 heterocycles. The third-order valence-corrected chi connectivity index (χ3v) is 0. The van der Waals surface area contributed by atoms with Crippen LogP contribution < -0.4 is 51.4 Å². The van der Waals surface area contributed by atoms with Crippen LogP contribution in [0, 0.1) is 0 Å². The molecular formula is H8FKMgO4Si. The Hall–Kier alpha value is 2.39. The van der Waals surface area contributed by atoms with Crippen LogP contribution in [0.25, 0.3) is 0 Å². The summed E-state index contributed by atoms with van der Waals surface area (Å²) in [5, 5.41) is 0. The molecule has 0 aliphatic rings. The van der Waals surface area contributed by atoms with Crippen molar-refractivity contribution in [2.45, 2.75) is 0 Å². The Bertz CT molecular complexity index is 40.8. The summed E-state index contributed by atoms with van der Waals surface area (Å²) in [5.41, 5.74) is 0. The second kappa shape index (κ2) is 9.39. The Morgan fingerprint density at radius 2 is 1.00 bits per heavy atom. The Morgan fingerprint density at radius 3 is 1.00 bits per heavy atom. The van der Waals surface area contributed by atoms with Gasteiger partial charge in [-0.25, -0.2) is 0 Å². The molecule has 0 radical (unpaired) electrons. The van der Waals surface area contributed by atoms with Crippen molar-refractivity contribution in [3.05, 3.63) is 0 Å². The van der Waals surface area contributed by atoms with E-state index in [1.54, 1.807) is 0 Å². The molecule has 0 bridgehead atoms. The van der Waals surface area contributed by atoms with Crippen LogP contribution in [0.15, 0.2) is 0 Å². The molecule has 4 N–H and O–H groups in total. The predicted octanol–water partition coefficient (Wildman–Crippen LogP) is -5.50. The normalized spacial score (nSPS) is 7.50. The molecule has 8 heavy (non-hydrogen) atoms. The van der Waals surface area contributed by atoms with E-state index in [9.17, 15) is 0 Å². The standard InChI is InChI=1S/FH.K.Mg.H4O4Si.3H/c;;;1-5(2,3)4;;;/h1H;;;1-4H;;;/q;+1;+2;;3*-1. The van der Waals surface area contributed by atoms with Gasteiger partial charge >= 0.3 is 83.5 Å². The summed E-state index contributed by atoms with van der Waals surface area (Å²) < 4.78 is 0. The average molecular weight is 183 g/mol. The van der Waals surface area contributed by atoms with E-state index < -0.39 is 9.05 Å². The molecule has 0 aromatic carbocycles. The van der Waals surface area contributed by atoms with Crippen molar-refractivity contribution in [1.82, 2.24) is 0 Å². The molecule has 0 amide bonds. The van der Waals surface area contributed by atoms with E-state index in [1.807, 2.05) is 0 Å². The van der Waals surface area contributed by atoms with Gasteiger partial charge in [-0.1, -0.05) is 0 Å². The number of halogens is 1. The first kappa shape index (κ1) is 22.4. The number of rotatable bonds is 0. The summed E-state index contributed by atoms with van der Waals surface area (Å²) in [7, 11) is -4.61. The van der Waals surface area contributed by atoms with E-state index in [1.165, 1.54) is 0 Å². The molecule has 0 saturated carbocycles. The Kier molecular flexibility index (Phi) is 26.3. The summed E-state index contributed by atoms with van der Waals surface area (Å²) in [4.78, 5) is 29.3. The van der Waals surface area contributed by atoms with E-state index in [2.05, 4.69) is 0 Å². The maximum absolute atomic E-state index is 7.33. The fraction of sp³-hybridized carbons (Fsp3) is 0. The fourth-order valence-corrected chi connectivity index (χ4v) is 0. The monoisotopic (exact) mass is 182 g/mol. The van der Waals surface area contributed by atoms with Gasteiger partial charge in [-0.2, -0.15) is 0 Å². The zero-order valence-corrected chi connectivity index (χ0v) is 9.94. The van der Waals surface area contributed by atoms with Crippen LogP contribution in [0.4, 0.5) is 4.70 Å². The van der Waals surface area contributed by atoms with Crippen molar-refractivity contribution in [1.29, 1.82) is 0 Å². The maximum Gasteiger partial charge on any atom is 2.00 e. The fourth-order valence-electron chi connectivity index (χ4n) is 0. The molecule has 0 fully saturated rings. The van der Waals surface area contributed by atoms with Gasteiger partial charge in [-0.15, -0.1) is 0 Å². The van der Waals surface area contributed by atoms with Gasteiger partial charge in [0.25, 0.3) is 0 Å². The van der Waals surface area contributed by atoms with Gasteiger partial charge < -0.3 is 23.5 Å². The van der Waals surface area contributed by atoms with Crippen molar-refractivity contribution < 1.29 is 79.6 Å². The molecule has 0 unspecified atom stereocenters. The molecule has 0 rings (SSSR count). The first-order chi connectivity index (χ1) is 2.00. The Labute approximate surface area is 110 Å². The molecule has 0 atom stereocenters. The van der Waals surface area contributed by atoms with Crippen molar-refractivity contribution in [3.8, 4) is 0 Å². The average Bonchev–Trinajstić information content (AvgIpc) is 0.722. The van der Waals surface area contributed by atoms with Gasteiger partial charge in [0.2, 0.25) is 0 Å². The molecule has 4 nitrogen and oxygen atoms in total. The quantitative estimate of drug-likeness (QED) is 0.282. The minimum Gasteiger partial charge on any atom is -1.00 e. The molecule has 0 aliphatic carbocycles. The molecule has 0 aliphatic heterocycles.